The zero-order valence-electron chi connectivity index (χ0n) is 16.7. The molecule has 5 nitrogen and oxygen atoms in total. The summed E-state index contributed by atoms with van der Waals surface area (Å²) in [5.41, 5.74) is 2.25. The number of ether oxygens (including phenoxy) is 2. The Morgan fingerprint density at radius 3 is 2.76 bits per heavy atom. The molecule has 0 saturated carbocycles. The first-order valence-electron chi connectivity index (χ1n) is 9.49. The summed E-state index contributed by atoms with van der Waals surface area (Å²) in [6.45, 7) is 2.91. The summed E-state index contributed by atoms with van der Waals surface area (Å²) in [6, 6.07) is 16.0. The number of benzene rings is 2. The maximum absolute atomic E-state index is 10.4. The lowest BCUT2D eigenvalue weighted by Crippen LogP contribution is -2.20. The molecule has 152 valence electrons. The monoisotopic (exact) mass is 410 g/mol. The molecule has 1 N–H and O–H groups in total. The van der Waals surface area contributed by atoms with E-state index in [0.717, 1.165) is 17.3 Å². The van der Waals surface area contributed by atoms with Crippen molar-refractivity contribution < 1.29 is 14.6 Å². The highest BCUT2D eigenvalue weighted by molar-refractivity contribution is 7.99. The molecule has 0 fully saturated rings. The average Bonchev–Trinajstić information content (AvgIpc) is 3.19. The van der Waals surface area contributed by atoms with Crippen molar-refractivity contribution in [2.24, 2.45) is 0 Å². The van der Waals surface area contributed by atoms with Crippen molar-refractivity contribution in [2.45, 2.75) is 24.7 Å². The van der Waals surface area contributed by atoms with Crippen molar-refractivity contribution in [3.8, 4) is 11.5 Å². The number of nitrogens with zero attached hydrogens (tertiary/aromatic N) is 2. The van der Waals surface area contributed by atoms with Crippen LogP contribution >= 0.6 is 11.8 Å². The van der Waals surface area contributed by atoms with Crippen molar-refractivity contribution in [1.82, 2.24) is 9.55 Å². The second kappa shape index (κ2) is 10.7. The van der Waals surface area contributed by atoms with Crippen molar-refractivity contribution in [2.75, 3.05) is 19.5 Å². The van der Waals surface area contributed by atoms with Gasteiger partial charge in [0.1, 0.15) is 6.61 Å². The smallest absolute Gasteiger partial charge is 0.168 e. The van der Waals surface area contributed by atoms with E-state index in [-0.39, 0.29) is 6.61 Å². The van der Waals surface area contributed by atoms with E-state index in [1.807, 2.05) is 61.7 Å². The Kier molecular flexibility index (Phi) is 7.78. The molecular weight excluding hydrogens is 384 g/mol. The van der Waals surface area contributed by atoms with Gasteiger partial charge in [-0.05, 0) is 30.2 Å². The Balaban J connectivity index is 1.52. The zero-order chi connectivity index (χ0) is 20.5. The summed E-state index contributed by atoms with van der Waals surface area (Å²) < 4.78 is 13.3. The highest BCUT2D eigenvalue weighted by atomic mass is 32.2. The van der Waals surface area contributed by atoms with E-state index in [1.54, 1.807) is 13.3 Å². The van der Waals surface area contributed by atoms with Crippen LogP contribution in [0.1, 0.15) is 18.1 Å². The number of rotatable bonds is 10. The second-order valence-electron chi connectivity index (χ2n) is 6.51. The topological polar surface area (TPSA) is 56.5 Å². The van der Waals surface area contributed by atoms with E-state index in [0.29, 0.717) is 17.3 Å². The molecule has 0 amide bonds. The molecule has 0 aliphatic heterocycles. The first-order chi connectivity index (χ1) is 14.2. The molecule has 3 rings (SSSR count). The lowest BCUT2D eigenvalue weighted by atomic mass is 10.2. The highest BCUT2D eigenvalue weighted by Gasteiger charge is 2.12. The first-order valence-corrected chi connectivity index (χ1v) is 10.5. The Morgan fingerprint density at radius 2 is 2.00 bits per heavy atom. The molecule has 0 aliphatic carbocycles. The van der Waals surface area contributed by atoms with Crippen molar-refractivity contribution in [3.05, 3.63) is 78.1 Å². The molecule has 1 unspecified atom stereocenters. The first kappa shape index (κ1) is 21.0. The Bertz CT molecular complexity index is 925. The number of hydrogen-bond acceptors (Lipinski definition) is 5. The molecule has 3 aromatic rings. The van der Waals surface area contributed by atoms with E-state index >= 15 is 0 Å². The molecule has 29 heavy (non-hydrogen) atoms. The Hall–Kier alpha value is -2.70. The summed E-state index contributed by atoms with van der Waals surface area (Å²) >= 11 is 1.52. The van der Waals surface area contributed by atoms with Crippen LogP contribution in [0.25, 0.3) is 6.08 Å². The minimum absolute atomic E-state index is 0.186. The second-order valence-corrected chi connectivity index (χ2v) is 7.50. The van der Waals surface area contributed by atoms with Crippen LogP contribution in [0.3, 0.4) is 0 Å². The van der Waals surface area contributed by atoms with E-state index < -0.39 is 6.10 Å². The minimum Gasteiger partial charge on any atom is -0.493 e. The van der Waals surface area contributed by atoms with E-state index in [9.17, 15) is 5.11 Å². The predicted molar refractivity (Wildman–Crippen MR) is 118 cm³/mol. The van der Waals surface area contributed by atoms with Gasteiger partial charge in [-0.2, -0.15) is 0 Å². The number of aliphatic hydroxyl groups excluding tert-OH is 1. The number of imidazole rings is 1. The molecule has 1 aromatic heterocycles. The predicted octanol–water partition coefficient (Wildman–Crippen LogP) is 4.51. The van der Waals surface area contributed by atoms with Crippen molar-refractivity contribution in [3.63, 3.8) is 0 Å². The van der Waals surface area contributed by atoms with E-state index in [1.165, 1.54) is 17.3 Å². The fraction of sp³-hybridized carbons (Fsp3) is 0.261. The van der Waals surface area contributed by atoms with Crippen LogP contribution in [-0.2, 0) is 6.54 Å². The van der Waals surface area contributed by atoms with Crippen LogP contribution < -0.4 is 9.47 Å². The third-order valence-corrected chi connectivity index (χ3v) is 5.41. The number of aliphatic hydroxyl groups is 1. The van der Waals surface area contributed by atoms with Gasteiger partial charge in [-0.3, -0.25) is 0 Å². The van der Waals surface area contributed by atoms with E-state index in [2.05, 4.69) is 21.7 Å². The Labute approximate surface area is 176 Å². The summed E-state index contributed by atoms with van der Waals surface area (Å²) in [5, 5.41) is 11.2. The molecule has 0 bridgehead atoms. The molecule has 0 radical (unpaired) electrons. The van der Waals surface area contributed by atoms with Crippen LogP contribution in [0.2, 0.25) is 0 Å². The average molecular weight is 411 g/mol. The minimum atomic E-state index is -0.623. The number of thioether (sulfide) groups is 1. The third kappa shape index (κ3) is 6.14. The molecule has 6 heteroatoms. The van der Waals surface area contributed by atoms with Crippen LogP contribution in [0.5, 0.6) is 11.5 Å². The fourth-order valence-electron chi connectivity index (χ4n) is 2.84. The van der Waals surface area contributed by atoms with Gasteiger partial charge in [-0.1, -0.05) is 60.3 Å². The normalized spacial score (nSPS) is 12.2. The largest absolute Gasteiger partial charge is 0.493 e. The Morgan fingerprint density at radius 1 is 1.17 bits per heavy atom. The van der Waals surface area contributed by atoms with Crippen LogP contribution in [0.15, 0.2) is 72.2 Å². The fourth-order valence-corrected chi connectivity index (χ4v) is 3.70. The standard InChI is InChI=1S/C23H26N2O3S/c1-3-7-18-10-11-21(22(14-18)27-2)28-16-20(26)17-29-23-24-12-13-25(23)15-19-8-5-4-6-9-19/h3-14,20,26H,15-17H2,1-2H3/b7-3+. The van der Waals surface area contributed by atoms with Gasteiger partial charge in [-0.25, -0.2) is 4.98 Å². The molecule has 0 saturated heterocycles. The lowest BCUT2D eigenvalue weighted by molar-refractivity contribution is 0.124. The molecule has 1 atom stereocenters. The van der Waals surface area contributed by atoms with Gasteiger partial charge in [0.15, 0.2) is 16.7 Å². The van der Waals surface area contributed by atoms with Crippen molar-refractivity contribution in [1.29, 1.82) is 0 Å². The highest BCUT2D eigenvalue weighted by Crippen LogP contribution is 2.29. The maximum atomic E-state index is 10.4. The molecular formula is C23H26N2O3S. The number of aromatic nitrogens is 2. The van der Waals surface area contributed by atoms with Gasteiger partial charge in [0.05, 0.1) is 13.2 Å². The van der Waals surface area contributed by atoms with Crippen LogP contribution in [-0.4, -0.2) is 40.2 Å². The number of hydrogen-bond donors (Lipinski definition) is 1. The SMILES string of the molecule is C/C=C/c1ccc(OCC(O)CSc2nccn2Cc2ccccc2)c(OC)c1. The summed E-state index contributed by atoms with van der Waals surface area (Å²) in [5.74, 6) is 1.76. The molecule has 2 aromatic carbocycles. The van der Waals surface area contributed by atoms with Gasteiger partial charge in [-0.15, -0.1) is 0 Å². The van der Waals surface area contributed by atoms with Crippen LogP contribution in [0.4, 0.5) is 0 Å². The zero-order valence-corrected chi connectivity index (χ0v) is 17.5. The summed E-state index contributed by atoms with van der Waals surface area (Å²) in [6.07, 6.45) is 7.08. The third-order valence-electron chi connectivity index (χ3n) is 4.26. The quantitative estimate of drug-likeness (QED) is 0.499. The van der Waals surface area contributed by atoms with Crippen LogP contribution in [0, 0.1) is 0 Å². The van der Waals surface area contributed by atoms with Crippen molar-refractivity contribution >= 4 is 17.8 Å². The summed E-state index contributed by atoms with van der Waals surface area (Å²) in [7, 11) is 1.61. The van der Waals surface area contributed by atoms with Gasteiger partial charge < -0.3 is 19.1 Å². The lowest BCUT2D eigenvalue weighted by Gasteiger charge is -2.15. The van der Waals surface area contributed by atoms with Gasteiger partial charge in [0, 0.05) is 24.7 Å². The molecule has 0 spiro atoms. The molecule has 0 aliphatic rings. The maximum Gasteiger partial charge on any atom is 0.168 e. The summed E-state index contributed by atoms with van der Waals surface area (Å²) in [4.78, 5) is 4.40. The molecule has 1 heterocycles. The number of allylic oxidation sites excluding steroid dienone is 1. The number of methoxy groups -OCH3 is 1. The van der Waals surface area contributed by atoms with Gasteiger partial charge >= 0.3 is 0 Å². The van der Waals surface area contributed by atoms with Gasteiger partial charge in [0.25, 0.3) is 0 Å². The van der Waals surface area contributed by atoms with Gasteiger partial charge in [0.2, 0.25) is 0 Å². The van der Waals surface area contributed by atoms with E-state index in [4.69, 9.17) is 9.47 Å².